The summed E-state index contributed by atoms with van der Waals surface area (Å²) in [4.78, 5) is 23.9. The van der Waals surface area contributed by atoms with Gasteiger partial charge in [0.15, 0.2) is 0 Å². The summed E-state index contributed by atoms with van der Waals surface area (Å²) in [5, 5.41) is 11.7. The lowest BCUT2D eigenvalue weighted by Gasteiger charge is -2.15. The van der Waals surface area contributed by atoms with Crippen LogP contribution in [0.1, 0.15) is 28.8 Å². The highest BCUT2D eigenvalue weighted by Crippen LogP contribution is 2.23. The number of carboxylic acid groups (broad SMARTS) is 1. The Hall–Kier alpha value is -3.44. The van der Waals surface area contributed by atoms with Gasteiger partial charge in [0, 0.05) is 18.4 Å². The van der Waals surface area contributed by atoms with Gasteiger partial charge in [0.1, 0.15) is 17.5 Å². The van der Waals surface area contributed by atoms with Gasteiger partial charge in [-0.05, 0) is 48.4 Å². The summed E-state index contributed by atoms with van der Waals surface area (Å²) in [5.41, 5.74) is 0.428. The van der Waals surface area contributed by atoms with Gasteiger partial charge in [-0.1, -0.05) is 12.1 Å². The van der Waals surface area contributed by atoms with Gasteiger partial charge >= 0.3 is 18.5 Å². The summed E-state index contributed by atoms with van der Waals surface area (Å²) in [6, 6.07) is 8.52. The summed E-state index contributed by atoms with van der Waals surface area (Å²) in [6.07, 6.45) is -10.5. The van der Waals surface area contributed by atoms with Gasteiger partial charge in [0.25, 0.3) is 5.91 Å². The highest BCUT2D eigenvalue weighted by Gasteiger charge is 2.31. The van der Waals surface area contributed by atoms with E-state index in [-0.39, 0.29) is 30.8 Å². The smallest absolute Gasteiger partial charge is 0.494 e. The Labute approximate surface area is 184 Å². The number of ether oxygens (including phenoxy) is 2. The first-order valence-electron chi connectivity index (χ1n) is 9.50. The number of hydrogen-bond donors (Lipinski definition) is 2. The fourth-order valence-electron chi connectivity index (χ4n) is 2.67. The second kappa shape index (κ2) is 10.9. The summed E-state index contributed by atoms with van der Waals surface area (Å²) in [5.74, 6) is -2.32. The molecule has 0 saturated heterocycles. The maximum absolute atomic E-state index is 12.4. The Balaban J connectivity index is 1.92. The molecule has 2 N–H and O–H groups in total. The van der Waals surface area contributed by atoms with Crippen LogP contribution in [0.2, 0.25) is 0 Å². The number of carbonyl (C=O) groups excluding carboxylic acids is 1. The van der Waals surface area contributed by atoms with Gasteiger partial charge in [-0.2, -0.15) is 13.2 Å². The van der Waals surface area contributed by atoms with Crippen LogP contribution >= 0.6 is 0 Å². The van der Waals surface area contributed by atoms with Crippen molar-refractivity contribution in [1.82, 2.24) is 5.32 Å². The zero-order valence-corrected chi connectivity index (χ0v) is 16.9. The molecule has 0 fully saturated rings. The molecule has 0 spiro atoms. The minimum Gasteiger partial charge on any atom is -0.494 e. The molecule has 0 aliphatic rings. The van der Waals surface area contributed by atoms with Crippen LogP contribution < -0.4 is 14.8 Å². The average Bonchev–Trinajstić information content (AvgIpc) is 2.70. The van der Waals surface area contributed by atoms with E-state index >= 15 is 0 Å². The summed E-state index contributed by atoms with van der Waals surface area (Å²) in [7, 11) is 0. The van der Waals surface area contributed by atoms with Gasteiger partial charge in [-0.3, -0.25) is 4.79 Å². The van der Waals surface area contributed by atoms with E-state index in [0.29, 0.717) is 5.56 Å². The number of aliphatic carboxylic acids is 1. The van der Waals surface area contributed by atoms with Crippen LogP contribution in [0.5, 0.6) is 11.5 Å². The molecule has 1 amide bonds. The molecule has 180 valence electrons. The Bertz CT molecular complexity index is 926. The molecule has 0 radical (unpaired) electrons. The minimum atomic E-state index is -4.86. The molecule has 2 aromatic rings. The SMILES string of the molecule is O=C(NC(Cc1ccc(OC(F)(F)F)cc1)C(=O)O)c1ccc(OCCCC(F)(F)F)cc1. The first-order chi connectivity index (χ1) is 15.3. The van der Waals surface area contributed by atoms with Gasteiger partial charge in [-0.15, -0.1) is 13.2 Å². The van der Waals surface area contributed by atoms with E-state index in [1.807, 2.05) is 0 Å². The zero-order chi connectivity index (χ0) is 24.6. The third kappa shape index (κ3) is 9.71. The lowest BCUT2D eigenvalue weighted by molar-refractivity contribution is -0.274. The molecule has 1 unspecified atom stereocenters. The van der Waals surface area contributed by atoms with Crippen LogP contribution in [-0.2, 0) is 11.2 Å². The fourth-order valence-corrected chi connectivity index (χ4v) is 2.67. The number of amides is 1. The Morgan fingerprint density at radius 2 is 1.48 bits per heavy atom. The first-order valence-corrected chi connectivity index (χ1v) is 9.50. The maximum Gasteiger partial charge on any atom is 0.573 e. The number of rotatable bonds is 10. The molecule has 0 aliphatic carbocycles. The second-order valence-electron chi connectivity index (χ2n) is 6.85. The number of nitrogens with one attached hydrogen (secondary N) is 1. The largest absolute Gasteiger partial charge is 0.573 e. The summed E-state index contributed by atoms with van der Waals surface area (Å²) >= 11 is 0. The Kier molecular flexibility index (Phi) is 8.55. The molecule has 2 aromatic carbocycles. The van der Waals surface area contributed by atoms with Crippen molar-refractivity contribution < 1.29 is 50.5 Å². The molecule has 0 bridgehead atoms. The average molecular weight is 479 g/mol. The molecule has 1 atom stereocenters. The van der Waals surface area contributed by atoms with Crippen molar-refractivity contribution in [2.45, 2.75) is 37.8 Å². The number of carbonyl (C=O) groups is 2. The normalized spacial score (nSPS) is 12.7. The van der Waals surface area contributed by atoms with Crippen LogP contribution in [0.3, 0.4) is 0 Å². The Morgan fingerprint density at radius 3 is 2.00 bits per heavy atom. The van der Waals surface area contributed by atoms with Crippen LogP contribution in [0.15, 0.2) is 48.5 Å². The third-order valence-electron chi connectivity index (χ3n) is 4.19. The molecule has 33 heavy (non-hydrogen) atoms. The van der Waals surface area contributed by atoms with Crippen LogP contribution in [0.4, 0.5) is 26.3 Å². The van der Waals surface area contributed by atoms with Crippen molar-refractivity contribution >= 4 is 11.9 Å². The first kappa shape index (κ1) is 25.8. The Morgan fingerprint density at radius 1 is 0.909 bits per heavy atom. The van der Waals surface area contributed by atoms with E-state index in [2.05, 4.69) is 10.1 Å². The molecule has 0 aliphatic heterocycles. The number of benzene rings is 2. The van der Waals surface area contributed by atoms with Crippen molar-refractivity contribution in [1.29, 1.82) is 0 Å². The maximum atomic E-state index is 12.4. The topological polar surface area (TPSA) is 84.9 Å². The highest BCUT2D eigenvalue weighted by molar-refractivity contribution is 5.96. The number of alkyl halides is 6. The summed E-state index contributed by atoms with van der Waals surface area (Å²) in [6.45, 7) is -0.168. The van der Waals surface area contributed by atoms with E-state index in [0.717, 1.165) is 12.1 Å². The molecule has 2 rings (SSSR count). The van der Waals surface area contributed by atoms with Crippen molar-refractivity contribution in [3.05, 3.63) is 59.7 Å². The standard InChI is InChI=1S/C21H19F6NO5/c22-20(23,24)10-1-11-32-15-8-4-14(5-9-15)18(29)28-17(19(30)31)12-13-2-6-16(7-3-13)33-21(25,26)27/h2-9,17H,1,10-12H2,(H,28,29)(H,30,31). The molecular formula is C21H19F6NO5. The van der Waals surface area contributed by atoms with Gasteiger partial charge in [-0.25, -0.2) is 4.79 Å². The molecular weight excluding hydrogens is 460 g/mol. The van der Waals surface area contributed by atoms with E-state index in [4.69, 9.17) is 4.74 Å². The van der Waals surface area contributed by atoms with Crippen LogP contribution in [0, 0.1) is 0 Å². The lowest BCUT2D eigenvalue weighted by Crippen LogP contribution is -2.42. The van der Waals surface area contributed by atoms with E-state index in [1.54, 1.807) is 0 Å². The second-order valence-corrected chi connectivity index (χ2v) is 6.85. The van der Waals surface area contributed by atoms with Gasteiger partial charge in [0.2, 0.25) is 0 Å². The molecule has 0 heterocycles. The van der Waals surface area contributed by atoms with Gasteiger partial charge in [0.05, 0.1) is 6.61 Å². The predicted octanol–water partition coefficient (Wildman–Crippen LogP) is 4.73. The number of hydrogen-bond acceptors (Lipinski definition) is 4. The van der Waals surface area contributed by atoms with E-state index in [9.17, 15) is 41.0 Å². The highest BCUT2D eigenvalue weighted by atomic mass is 19.4. The van der Waals surface area contributed by atoms with Gasteiger partial charge < -0.3 is 19.9 Å². The van der Waals surface area contributed by atoms with Crippen molar-refractivity contribution in [3.8, 4) is 11.5 Å². The zero-order valence-electron chi connectivity index (χ0n) is 16.9. The monoisotopic (exact) mass is 479 g/mol. The van der Waals surface area contributed by atoms with Crippen molar-refractivity contribution in [3.63, 3.8) is 0 Å². The number of carboxylic acids is 1. The predicted molar refractivity (Wildman–Crippen MR) is 103 cm³/mol. The van der Waals surface area contributed by atoms with E-state index in [1.165, 1.54) is 36.4 Å². The van der Waals surface area contributed by atoms with Crippen LogP contribution in [-0.4, -0.2) is 42.2 Å². The molecule has 0 saturated carbocycles. The number of halogens is 6. The van der Waals surface area contributed by atoms with Crippen molar-refractivity contribution in [2.75, 3.05) is 6.61 Å². The van der Waals surface area contributed by atoms with E-state index < -0.39 is 42.6 Å². The molecule has 12 heteroatoms. The minimum absolute atomic E-state index is 0.0813. The van der Waals surface area contributed by atoms with Crippen molar-refractivity contribution in [2.24, 2.45) is 0 Å². The lowest BCUT2D eigenvalue weighted by atomic mass is 10.1. The quantitative estimate of drug-likeness (QED) is 0.380. The van der Waals surface area contributed by atoms with Crippen LogP contribution in [0.25, 0.3) is 0 Å². The fraction of sp³-hybridized carbons (Fsp3) is 0.333. The third-order valence-corrected chi connectivity index (χ3v) is 4.19. The molecule has 0 aromatic heterocycles. The summed E-state index contributed by atoms with van der Waals surface area (Å²) < 4.78 is 81.9. The molecule has 6 nitrogen and oxygen atoms in total.